The summed E-state index contributed by atoms with van der Waals surface area (Å²) in [6.07, 6.45) is 2.89. The lowest BCUT2D eigenvalue weighted by Gasteiger charge is -2.26. The summed E-state index contributed by atoms with van der Waals surface area (Å²) in [5.41, 5.74) is 2.68. The summed E-state index contributed by atoms with van der Waals surface area (Å²) < 4.78 is 7.62. The average Bonchev–Trinajstić information content (AvgIpc) is 3.19. The van der Waals surface area contributed by atoms with Gasteiger partial charge in [-0.05, 0) is 24.1 Å². The van der Waals surface area contributed by atoms with Gasteiger partial charge in [0, 0.05) is 44.1 Å². The molecule has 116 valence electrons. The number of nitrogens with one attached hydrogen (secondary N) is 2. The second-order valence-corrected chi connectivity index (χ2v) is 6.24. The van der Waals surface area contributed by atoms with Gasteiger partial charge < -0.3 is 15.4 Å². The minimum absolute atomic E-state index is 0.352. The van der Waals surface area contributed by atoms with Crippen LogP contribution in [0.15, 0.2) is 30.5 Å². The highest BCUT2D eigenvalue weighted by Gasteiger charge is 2.19. The van der Waals surface area contributed by atoms with Crippen LogP contribution in [0.25, 0.3) is 0 Å². The predicted molar refractivity (Wildman–Crippen MR) is 86.3 cm³/mol. The second-order valence-electron chi connectivity index (χ2n) is 6.24. The van der Waals surface area contributed by atoms with Crippen LogP contribution in [0.1, 0.15) is 24.1 Å². The van der Waals surface area contributed by atoms with Crippen LogP contribution in [0, 0.1) is 5.92 Å². The number of anilines is 1. The van der Waals surface area contributed by atoms with E-state index in [1.54, 1.807) is 0 Å². The molecule has 2 aliphatic heterocycles. The zero-order valence-corrected chi connectivity index (χ0v) is 12.9. The van der Waals surface area contributed by atoms with E-state index in [2.05, 4.69) is 40.9 Å². The SMILES string of the molecule is CC(NCC1CNc2ccnn2C1)c1ccc2c(c1)CCO2. The van der Waals surface area contributed by atoms with Crippen LogP contribution < -0.4 is 15.4 Å². The normalized spacial score (nSPS) is 20.7. The third-order valence-corrected chi connectivity index (χ3v) is 4.65. The molecule has 2 aromatic rings. The minimum atomic E-state index is 0.352. The average molecular weight is 298 g/mol. The van der Waals surface area contributed by atoms with Crippen molar-refractivity contribution < 1.29 is 4.74 Å². The monoisotopic (exact) mass is 298 g/mol. The number of fused-ring (bicyclic) bond motifs is 2. The molecule has 0 fully saturated rings. The van der Waals surface area contributed by atoms with E-state index >= 15 is 0 Å². The Kier molecular flexibility index (Phi) is 3.50. The smallest absolute Gasteiger partial charge is 0.124 e. The molecule has 2 unspecified atom stereocenters. The van der Waals surface area contributed by atoms with E-state index in [0.29, 0.717) is 12.0 Å². The van der Waals surface area contributed by atoms with E-state index < -0.39 is 0 Å². The van der Waals surface area contributed by atoms with Crippen LogP contribution >= 0.6 is 0 Å². The van der Waals surface area contributed by atoms with E-state index in [4.69, 9.17) is 4.74 Å². The van der Waals surface area contributed by atoms with Gasteiger partial charge in [0.15, 0.2) is 0 Å². The molecule has 0 spiro atoms. The van der Waals surface area contributed by atoms with Crippen molar-refractivity contribution in [3.63, 3.8) is 0 Å². The molecule has 1 aromatic carbocycles. The fourth-order valence-corrected chi connectivity index (χ4v) is 3.26. The maximum Gasteiger partial charge on any atom is 0.124 e. The van der Waals surface area contributed by atoms with E-state index in [-0.39, 0.29) is 0 Å². The van der Waals surface area contributed by atoms with Crippen LogP contribution in [-0.2, 0) is 13.0 Å². The van der Waals surface area contributed by atoms with Crippen LogP contribution in [0.2, 0.25) is 0 Å². The maximum atomic E-state index is 5.58. The molecule has 0 saturated carbocycles. The summed E-state index contributed by atoms with van der Waals surface area (Å²) in [4.78, 5) is 0. The highest BCUT2D eigenvalue weighted by atomic mass is 16.5. The first kappa shape index (κ1) is 13.6. The third-order valence-electron chi connectivity index (χ3n) is 4.65. The predicted octanol–water partition coefficient (Wildman–Crippen LogP) is 2.21. The molecule has 5 nitrogen and oxygen atoms in total. The van der Waals surface area contributed by atoms with Crippen molar-refractivity contribution in [2.24, 2.45) is 5.92 Å². The lowest BCUT2D eigenvalue weighted by Crippen LogP contribution is -2.36. The van der Waals surface area contributed by atoms with Gasteiger partial charge >= 0.3 is 0 Å². The van der Waals surface area contributed by atoms with E-state index in [1.165, 1.54) is 11.1 Å². The largest absolute Gasteiger partial charge is 0.493 e. The van der Waals surface area contributed by atoms with Gasteiger partial charge in [-0.25, -0.2) is 4.68 Å². The highest BCUT2D eigenvalue weighted by molar-refractivity contribution is 5.40. The first-order valence-corrected chi connectivity index (χ1v) is 8.04. The van der Waals surface area contributed by atoms with Crippen LogP contribution in [0.4, 0.5) is 5.82 Å². The summed E-state index contributed by atoms with van der Waals surface area (Å²) in [7, 11) is 0. The summed E-state index contributed by atoms with van der Waals surface area (Å²) in [5.74, 6) is 2.74. The number of ether oxygens (including phenoxy) is 1. The zero-order valence-electron chi connectivity index (χ0n) is 12.9. The Balaban J connectivity index is 1.36. The summed E-state index contributed by atoms with van der Waals surface area (Å²) >= 11 is 0. The topological polar surface area (TPSA) is 51.1 Å². The van der Waals surface area contributed by atoms with Gasteiger partial charge in [0.1, 0.15) is 11.6 Å². The molecule has 0 radical (unpaired) electrons. The number of hydrogen-bond acceptors (Lipinski definition) is 4. The number of aromatic nitrogens is 2. The number of hydrogen-bond donors (Lipinski definition) is 2. The zero-order chi connectivity index (χ0) is 14.9. The molecule has 22 heavy (non-hydrogen) atoms. The molecule has 0 saturated heterocycles. The van der Waals surface area contributed by atoms with Crippen molar-refractivity contribution in [1.82, 2.24) is 15.1 Å². The van der Waals surface area contributed by atoms with Crippen molar-refractivity contribution >= 4 is 5.82 Å². The number of benzene rings is 1. The molecular formula is C17H22N4O. The van der Waals surface area contributed by atoms with Crippen molar-refractivity contribution in [3.8, 4) is 5.75 Å². The van der Waals surface area contributed by atoms with Gasteiger partial charge in [0.2, 0.25) is 0 Å². The Morgan fingerprint density at radius 2 is 2.41 bits per heavy atom. The molecule has 1 aromatic heterocycles. The first-order chi connectivity index (χ1) is 10.8. The van der Waals surface area contributed by atoms with Crippen LogP contribution in [-0.4, -0.2) is 29.5 Å². The van der Waals surface area contributed by atoms with Crippen molar-refractivity contribution in [2.75, 3.05) is 25.0 Å². The lowest BCUT2D eigenvalue weighted by molar-refractivity contribution is 0.356. The Bertz CT molecular complexity index is 666. The van der Waals surface area contributed by atoms with Gasteiger partial charge in [0.05, 0.1) is 12.8 Å². The van der Waals surface area contributed by atoms with Crippen molar-refractivity contribution in [1.29, 1.82) is 0 Å². The quantitative estimate of drug-likeness (QED) is 0.908. The summed E-state index contributed by atoms with van der Waals surface area (Å²) in [5, 5.41) is 11.4. The van der Waals surface area contributed by atoms with E-state index in [9.17, 15) is 0 Å². The fraction of sp³-hybridized carbons (Fsp3) is 0.471. The summed E-state index contributed by atoms with van der Waals surface area (Å²) in [6.45, 7) is 6.02. The van der Waals surface area contributed by atoms with Crippen molar-refractivity contribution in [3.05, 3.63) is 41.6 Å². The molecule has 0 aliphatic carbocycles. The van der Waals surface area contributed by atoms with Gasteiger partial charge in [-0.2, -0.15) is 5.10 Å². The Morgan fingerprint density at radius 1 is 1.45 bits per heavy atom. The van der Waals surface area contributed by atoms with Crippen molar-refractivity contribution in [2.45, 2.75) is 25.9 Å². The Hall–Kier alpha value is -2.01. The molecule has 5 heteroatoms. The van der Waals surface area contributed by atoms with Gasteiger partial charge in [-0.15, -0.1) is 0 Å². The molecule has 3 heterocycles. The standard InChI is InChI=1S/C17H22N4O/c1-12(14-2-3-16-15(8-14)5-7-22-16)18-9-13-10-19-17-4-6-20-21(17)11-13/h2-4,6,8,12-13,18-19H,5,7,9-11H2,1H3. The minimum Gasteiger partial charge on any atom is -0.493 e. The molecule has 0 bridgehead atoms. The third kappa shape index (κ3) is 2.57. The molecule has 2 atom stereocenters. The van der Waals surface area contributed by atoms with E-state index in [1.807, 2.05) is 16.9 Å². The van der Waals surface area contributed by atoms with E-state index in [0.717, 1.165) is 44.2 Å². The molecule has 2 aliphatic rings. The number of rotatable bonds is 4. The lowest BCUT2D eigenvalue weighted by atomic mass is 10.0. The molecular weight excluding hydrogens is 276 g/mol. The van der Waals surface area contributed by atoms with Crippen LogP contribution in [0.3, 0.4) is 0 Å². The molecule has 4 rings (SSSR count). The van der Waals surface area contributed by atoms with Crippen LogP contribution in [0.5, 0.6) is 5.75 Å². The molecule has 0 amide bonds. The maximum absolute atomic E-state index is 5.58. The first-order valence-electron chi connectivity index (χ1n) is 8.04. The molecule has 2 N–H and O–H groups in total. The van der Waals surface area contributed by atoms with Gasteiger partial charge in [-0.3, -0.25) is 0 Å². The second kappa shape index (κ2) is 5.65. The van der Waals surface area contributed by atoms with Gasteiger partial charge in [0.25, 0.3) is 0 Å². The highest BCUT2D eigenvalue weighted by Crippen LogP contribution is 2.28. The number of nitrogens with zero attached hydrogens (tertiary/aromatic N) is 2. The fourth-order valence-electron chi connectivity index (χ4n) is 3.26. The summed E-state index contributed by atoms with van der Waals surface area (Å²) in [6, 6.07) is 8.94. The Morgan fingerprint density at radius 3 is 3.36 bits per heavy atom. The Labute approximate surface area is 130 Å². The van der Waals surface area contributed by atoms with Gasteiger partial charge in [-0.1, -0.05) is 12.1 Å².